The third-order valence-corrected chi connectivity index (χ3v) is 3.74. The molecule has 4 rings (SSSR count). The molecule has 0 saturated carbocycles. The lowest BCUT2D eigenvalue weighted by Gasteiger charge is -2.09. The van der Waals surface area contributed by atoms with Crippen molar-refractivity contribution in [2.45, 2.75) is 6.54 Å². The largest absolute Gasteiger partial charge is 0.623 e. The number of aromatic nitrogens is 4. The van der Waals surface area contributed by atoms with Crippen molar-refractivity contribution < 1.29 is 4.74 Å². The molecule has 1 aromatic carbocycles. The fourth-order valence-corrected chi connectivity index (χ4v) is 2.75. The third-order valence-electron chi connectivity index (χ3n) is 3.50. The Hall–Kier alpha value is -2.73. The van der Waals surface area contributed by atoms with Gasteiger partial charge in [-0.25, -0.2) is 15.0 Å². The van der Waals surface area contributed by atoms with E-state index < -0.39 is 0 Å². The van der Waals surface area contributed by atoms with E-state index >= 15 is 0 Å². The first-order valence-electron chi connectivity index (χ1n) is 6.65. The Balaban J connectivity index is 2.06. The van der Waals surface area contributed by atoms with Crippen molar-refractivity contribution in [1.29, 1.82) is 0 Å². The number of hydrogen-bond donors (Lipinski definition) is 0. The van der Waals surface area contributed by atoms with Crippen LogP contribution in [0.15, 0.2) is 49.1 Å². The minimum absolute atomic E-state index is 0.118. The highest BCUT2D eigenvalue weighted by Gasteiger charge is 2.28. The Bertz CT molecular complexity index is 888. The predicted octanol–water partition coefficient (Wildman–Crippen LogP) is 2.18. The highest BCUT2D eigenvalue weighted by molar-refractivity contribution is 6.31. The van der Waals surface area contributed by atoms with Crippen LogP contribution in [0.2, 0.25) is 5.02 Å². The fourth-order valence-electron chi connectivity index (χ4n) is 2.57. The molecule has 3 heterocycles. The first kappa shape index (κ1) is 13.0. The second-order valence-corrected chi connectivity index (χ2v) is 5.27. The van der Waals surface area contributed by atoms with E-state index in [0.29, 0.717) is 27.9 Å². The molecule has 0 N–H and O–H groups in total. The van der Waals surface area contributed by atoms with Crippen molar-refractivity contribution in [3.05, 3.63) is 76.5 Å². The van der Waals surface area contributed by atoms with E-state index in [-0.39, 0.29) is 6.54 Å². The number of nitrogens with zero attached hydrogens (tertiary/aromatic N) is 5. The van der Waals surface area contributed by atoms with Crippen LogP contribution in [0, 0.1) is 5.21 Å². The lowest BCUT2D eigenvalue weighted by molar-refractivity contribution is -0.475. The van der Waals surface area contributed by atoms with Gasteiger partial charge in [-0.05, 0) is 24.3 Å². The third kappa shape index (κ3) is 1.96. The van der Waals surface area contributed by atoms with Gasteiger partial charge in [0.2, 0.25) is 12.4 Å². The molecule has 0 bridgehead atoms. The van der Waals surface area contributed by atoms with E-state index in [1.165, 1.54) is 0 Å². The molecule has 1 aliphatic heterocycles. The van der Waals surface area contributed by atoms with Crippen LogP contribution in [0.5, 0.6) is 0 Å². The van der Waals surface area contributed by atoms with Gasteiger partial charge in [-0.1, -0.05) is 11.6 Å². The average molecular weight is 312 g/mol. The van der Waals surface area contributed by atoms with Gasteiger partial charge in [0.25, 0.3) is 5.71 Å². The smallest absolute Gasteiger partial charge is 0.266 e. The summed E-state index contributed by atoms with van der Waals surface area (Å²) in [5.41, 5.74) is 1.91. The molecule has 0 radical (unpaired) electrons. The quantitative estimate of drug-likeness (QED) is 0.510. The first-order valence-corrected chi connectivity index (χ1v) is 7.03. The number of benzene rings is 1. The lowest BCUT2D eigenvalue weighted by atomic mass is 10.1. The van der Waals surface area contributed by atoms with Crippen molar-refractivity contribution in [2.75, 3.05) is 0 Å². The Kier molecular flexibility index (Phi) is 2.90. The summed E-state index contributed by atoms with van der Waals surface area (Å²) in [6, 6.07) is 7.11. The fraction of sp³-hybridized carbons (Fsp3) is 0.0667. The van der Waals surface area contributed by atoms with E-state index in [2.05, 4.69) is 15.0 Å². The lowest BCUT2D eigenvalue weighted by Crippen LogP contribution is -2.20. The van der Waals surface area contributed by atoms with Crippen LogP contribution in [-0.2, 0) is 6.54 Å². The molecule has 0 unspecified atom stereocenters. The van der Waals surface area contributed by atoms with Gasteiger partial charge in [-0.2, -0.15) is 4.74 Å². The molecule has 22 heavy (non-hydrogen) atoms. The standard InChI is InChI=1S/C15H10ClN5O/c16-10-2-3-12-11(8-10)14(15-18-4-1-5-19-15)21(22)9-13-17-6-7-20(12)13/h1-8H,9H2. The molecule has 7 heteroatoms. The van der Waals surface area contributed by atoms with E-state index in [4.69, 9.17) is 11.6 Å². The molecule has 2 aromatic heterocycles. The molecule has 0 aliphatic carbocycles. The molecule has 3 aromatic rings. The number of fused-ring (bicyclic) bond motifs is 3. The average Bonchev–Trinajstić information content (AvgIpc) is 2.93. The second kappa shape index (κ2) is 4.92. The number of hydrogen-bond acceptors (Lipinski definition) is 4. The van der Waals surface area contributed by atoms with E-state index in [1.807, 2.05) is 16.8 Å². The summed E-state index contributed by atoms with van der Waals surface area (Å²) in [7, 11) is 0. The van der Waals surface area contributed by atoms with Crippen molar-refractivity contribution in [1.82, 2.24) is 19.5 Å². The molecule has 0 saturated heterocycles. The summed E-state index contributed by atoms with van der Waals surface area (Å²) in [5.74, 6) is 1.02. The molecule has 0 amide bonds. The molecular weight excluding hydrogens is 302 g/mol. The summed E-state index contributed by atoms with van der Waals surface area (Å²) in [6.45, 7) is 0.118. The van der Waals surface area contributed by atoms with Crippen molar-refractivity contribution in [2.24, 2.45) is 0 Å². The molecular formula is C15H10ClN5O. The van der Waals surface area contributed by atoms with E-state index in [0.717, 1.165) is 10.4 Å². The van der Waals surface area contributed by atoms with E-state index in [1.54, 1.807) is 36.8 Å². The molecule has 0 atom stereocenters. The second-order valence-electron chi connectivity index (χ2n) is 4.83. The van der Waals surface area contributed by atoms with Crippen LogP contribution in [0.1, 0.15) is 17.2 Å². The SMILES string of the molecule is [O-][N+]1=C(c2ncccn2)c2cc(Cl)ccc2-n2ccnc2C1. The summed E-state index contributed by atoms with van der Waals surface area (Å²) >= 11 is 6.13. The van der Waals surface area contributed by atoms with Gasteiger partial charge in [-0.15, -0.1) is 0 Å². The summed E-state index contributed by atoms with van der Waals surface area (Å²) in [4.78, 5) is 12.7. The molecule has 6 nitrogen and oxygen atoms in total. The zero-order valence-corrected chi connectivity index (χ0v) is 12.1. The first-order chi connectivity index (χ1) is 10.7. The van der Waals surface area contributed by atoms with Crippen molar-refractivity contribution in [3.63, 3.8) is 0 Å². The Morgan fingerprint density at radius 1 is 1.14 bits per heavy atom. The minimum Gasteiger partial charge on any atom is -0.623 e. The van der Waals surface area contributed by atoms with Crippen LogP contribution < -0.4 is 0 Å². The zero-order valence-electron chi connectivity index (χ0n) is 11.3. The minimum atomic E-state index is 0.118. The Labute approximate surface area is 131 Å². The molecule has 0 fully saturated rings. The van der Waals surface area contributed by atoms with Crippen LogP contribution >= 0.6 is 11.6 Å². The molecule has 1 aliphatic rings. The van der Waals surface area contributed by atoms with Crippen LogP contribution in [-0.4, -0.2) is 30.0 Å². The monoisotopic (exact) mass is 311 g/mol. The van der Waals surface area contributed by atoms with E-state index in [9.17, 15) is 5.21 Å². The van der Waals surface area contributed by atoms with Gasteiger partial charge in [-0.3, -0.25) is 4.57 Å². The van der Waals surface area contributed by atoms with Gasteiger partial charge in [0.15, 0.2) is 5.82 Å². The van der Waals surface area contributed by atoms with Gasteiger partial charge in [0, 0.05) is 29.8 Å². The summed E-state index contributed by atoms with van der Waals surface area (Å²) in [6.07, 6.45) is 6.71. The highest BCUT2D eigenvalue weighted by Crippen LogP contribution is 2.26. The maximum atomic E-state index is 12.7. The Morgan fingerprint density at radius 2 is 1.95 bits per heavy atom. The summed E-state index contributed by atoms with van der Waals surface area (Å²) in [5, 5.41) is 13.2. The van der Waals surface area contributed by atoms with Crippen LogP contribution in [0.3, 0.4) is 0 Å². The zero-order chi connectivity index (χ0) is 15.1. The van der Waals surface area contributed by atoms with Crippen LogP contribution in [0.4, 0.5) is 0 Å². The Morgan fingerprint density at radius 3 is 2.77 bits per heavy atom. The summed E-state index contributed by atoms with van der Waals surface area (Å²) < 4.78 is 2.74. The predicted molar refractivity (Wildman–Crippen MR) is 81.1 cm³/mol. The van der Waals surface area contributed by atoms with Gasteiger partial charge in [0.05, 0.1) is 11.3 Å². The highest BCUT2D eigenvalue weighted by atomic mass is 35.5. The molecule has 0 spiro atoms. The maximum Gasteiger partial charge on any atom is 0.266 e. The maximum absolute atomic E-state index is 12.7. The molecule has 108 valence electrons. The van der Waals surface area contributed by atoms with Crippen molar-refractivity contribution in [3.8, 4) is 5.69 Å². The number of imidazole rings is 1. The van der Waals surface area contributed by atoms with Gasteiger partial charge in [0.1, 0.15) is 0 Å². The normalized spacial score (nSPS) is 13.5. The van der Waals surface area contributed by atoms with Gasteiger partial charge < -0.3 is 5.21 Å². The number of hydroxylamine groups is 1. The number of halogens is 1. The van der Waals surface area contributed by atoms with Gasteiger partial charge >= 0.3 is 0 Å². The number of rotatable bonds is 1. The topological polar surface area (TPSA) is 69.7 Å². The van der Waals surface area contributed by atoms with Crippen LogP contribution in [0.25, 0.3) is 5.69 Å². The van der Waals surface area contributed by atoms with Crippen molar-refractivity contribution >= 4 is 17.3 Å².